The van der Waals surface area contributed by atoms with Crippen LogP contribution in [-0.4, -0.2) is 29.8 Å². The molecule has 0 radical (unpaired) electrons. The van der Waals surface area contributed by atoms with Crippen LogP contribution in [0.15, 0.2) is 30.3 Å². The number of Topliss-reactive ketones (excluding diaryl/α,β-unsaturated/α-hetero) is 1. The second-order valence-corrected chi connectivity index (χ2v) is 4.08. The van der Waals surface area contributed by atoms with Crippen LogP contribution in [0, 0.1) is 0 Å². The molecular formula is C12H13N3O3. The van der Waals surface area contributed by atoms with E-state index in [1.807, 2.05) is 0 Å². The van der Waals surface area contributed by atoms with Gasteiger partial charge in [-0.2, -0.15) is 0 Å². The summed E-state index contributed by atoms with van der Waals surface area (Å²) in [6.45, 7) is 1.48. The van der Waals surface area contributed by atoms with Crippen molar-refractivity contribution in [2.75, 3.05) is 4.90 Å². The maximum absolute atomic E-state index is 12.0. The smallest absolute Gasteiger partial charge is 0.322 e. The molecule has 1 unspecified atom stereocenters. The Morgan fingerprint density at radius 1 is 1.33 bits per heavy atom. The molecule has 1 aromatic rings. The number of anilines is 1. The first-order valence-electron chi connectivity index (χ1n) is 5.51. The van der Waals surface area contributed by atoms with Crippen LogP contribution >= 0.6 is 0 Å². The molecule has 3 amide bonds. The summed E-state index contributed by atoms with van der Waals surface area (Å²) in [6.07, 6.45) is 0. The van der Waals surface area contributed by atoms with Gasteiger partial charge in [0, 0.05) is 0 Å². The molecule has 3 N–H and O–H groups in total. The molecule has 1 heterocycles. The highest BCUT2D eigenvalue weighted by Gasteiger charge is 2.43. The van der Waals surface area contributed by atoms with Crippen molar-refractivity contribution in [3.8, 4) is 0 Å². The van der Waals surface area contributed by atoms with Gasteiger partial charge in [-0.05, 0) is 19.1 Å². The third-order valence-electron chi connectivity index (χ3n) is 2.69. The highest BCUT2D eigenvalue weighted by molar-refractivity contribution is 6.28. The molecule has 1 aliphatic heterocycles. The number of carbonyl (C=O) groups is 3. The number of hydrogen-bond acceptors (Lipinski definition) is 4. The lowest BCUT2D eigenvalue weighted by atomic mass is 10.1. The Morgan fingerprint density at radius 3 is 2.50 bits per heavy atom. The fourth-order valence-corrected chi connectivity index (χ4v) is 1.76. The van der Waals surface area contributed by atoms with Crippen LogP contribution in [0.1, 0.15) is 6.92 Å². The van der Waals surface area contributed by atoms with Crippen molar-refractivity contribution in [1.82, 2.24) is 5.32 Å². The number of nitrogens with zero attached hydrogens (tertiary/aromatic N) is 1. The Morgan fingerprint density at radius 2 is 1.94 bits per heavy atom. The van der Waals surface area contributed by atoms with E-state index >= 15 is 0 Å². The van der Waals surface area contributed by atoms with Crippen molar-refractivity contribution in [3.63, 3.8) is 0 Å². The number of carbonyl (C=O) groups excluding carboxylic acids is 3. The van der Waals surface area contributed by atoms with Gasteiger partial charge in [-0.1, -0.05) is 18.2 Å². The number of urea groups is 1. The predicted octanol–water partition coefficient (Wildman–Crippen LogP) is 0.0277. The minimum Gasteiger partial charge on any atom is -0.322 e. The average molecular weight is 247 g/mol. The molecule has 0 saturated carbocycles. The fraction of sp³-hybridized carbons (Fsp3) is 0.250. The second kappa shape index (κ2) is 4.58. The van der Waals surface area contributed by atoms with Crippen molar-refractivity contribution >= 4 is 23.4 Å². The molecule has 1 fully saturated rings. The Labute approximate surface area is 104 Å². The lowest BCUT2D eigenvalue weighted by Gasteiger charge is -2.13. The summed E-state index contributed by atoms with van der Waals surface area (Å²) < 4.78 is 0. The highest BCUT2D eigenvalue weighted by atomic mass is 16.2. The Kier molecular flexibility index (Phi) is 3.12. The number of nitrogens with one attached hydrogen (secondary N) is 1. The minimum atomic E-state index is -1.18. The first-order chi connectivity index (χ1) is 8.52. The van der Waals surface area contributed by atoms with Gasteiger partial charge in [-0.3, -0.25) is 9.59 Å². The van der Waals surface area contributed by atoms with Crippen molar-refractivity contribution in [2.24, 2.45) is 5.73 Å². The molecule has 0 bridgehead atoms. The predicted molar refractivity (Wildman–Crippen MR) is 64.9 cm³/mol. The number of para-hydroxylation sites is 1. The number of amides is 3. The van der Waals surface area contributed by atoms with Crippen LogP contribution in [0.5, 0.6) is 0 Å². The number of imide groups is 1. The van der Waals surface area contributed by atoms with Gasteiger partial charge in [-0.25, -0.2) is 9.69 Å². The molecular weight excluding hydrogens is 234 g/mol. The topological polar surface area (TPSA) is 92.5 Å². The maximum atomic E-state index is 12.0. The van der Waals surface area contributed by atoms with Crippen LogP contribution < -0.4 is 16.0 Å². The normalized spacial score (nSPS) is 20.8. The summed E-state index contributed by atoms with van der Waals surface area (Å²) in [6, 6.07) is 5.84. The summed E-state index contributed by atoms with van der Waals surface area (Å²) >= 11 is 0. The first-order valence-corrected chi connectivity index (χ1v) is 5.51. The fourth-order valence-electron chi connectivity index (χ4n) is 1.76. The maximum Gasteiger partial charge on any atom is 0.329 e. The number of rotatable bonds is 3. The number of ketones is 1. The monoisotopic (exact) mass is 247 g/mol. The number of benzene rings is 1. The van der Waals surface area contributed by atoms with Gasteiger partial charge in [-0.15, -0.1) is 0 Å². The SMILES string of the molecule is C[C@H](N)C(=O)C1NC(=O)N(c2ccccc2)C1=O. The summed E-state index contributed by atoms with van der Waals surface area (Å²) in [4.78, 5) is 36.4. The van der Waals surface area contributed by atoms with E-state index in [-0.39, 0.29) is 0 Å². The molecule has 1 saturated heterocycles. The lowest BCUT2D eigenvalue weighted by molar-refractivity contribution is -0.128. The van der Waals surface area contributed by atoms with Crippen molar-refractivity contribution in [3.05, 3.63) is 30.3 Å². The summed E-state index contributed by atoms with van der Waals surface area (Å²) in [7, 11) is 0. The highest BCUT2D eigenvalue weighted by Crippen LogP contribution is 2.19. The van der Waals surface area contributed by atoms with Crippen LogP contribution in [0.3, 0.4) is 0 Å². The molecule has 2 rings (SSSR count). The van der Waals surface area contributed by atoms with Gasteiger partial charge < -0.3 is 11.1 Å². The van der Waals surface area contributed by atoms with Gasteiger partial charge >= 0.3 is 6.03 Å². The number of hydrogen-bond donors (Lipinski definition) is 2. The van der Waals surface area contributed by atoms with Crippen LogP contribution in [0.4, 0.5) is 10.5 Å². The van der Waals surface area contributed by atoms with Gasteiger partial charge in [0.05, 0.1) is 11.7 Å². The molecule has 18 heavy (non-hydrogen) atoms. The Bertz CT molecular complexity index is 499. The summed E-state index contributed by atoms with van der Waals surface area (Å²) in [5.74, 6) is -1.08. The molecule has 0 aliphatic carbocycles. The van der Waals surface area contributed by atoms with Crippen molar-refractivity contribution < 1.29 is 14.4 Å². The van der Waals surface area contributed by atoms with Crippen LogP contribution in [0.2, 0.25) is 0 Å². The van der Waals surface area contributed by atoms with E-state index in [2.05, 4.69) is 5.32 Å². The van der Waals surface area contributed by atoms with Crippen molar-refractivity contribution in [2.45, 2.75) is 19.0 Å². The van der Waals surface area contributed by atoms with Crippen LogP contribution in [0.25, 0.3) is 0 Å². The Hall–Kier alpha value is -2.21. The summed E-state index contributed by atoms with van der Waals surface area (Å²) in [5.41, 5.74) is 5.87. The van der Waals surface area contributed by atoms with E-state index in [0.717, 1.165) is 4.90 Å². The van der Waals surface area contributed by atoms with Gasteiger partial charge in [0.2, 0.25) is 0 Å². The van der Waals surface area contributed by atoms with Gasteiger partial charge in [0.1, 0.15) is 0 Å². The quantitative estimate of drug-likeness (QED) is 0.582. The van der Waals surface area contributed by atoms with E-state index in [4.69, 9.17) is 5.73 Å². The molecule has 2 atom stereocenters. The zero-order chi connectivity index (χ0) is 13.3. The standard InChI is InChI=1S/C12H13N3O3/c1-7(13)10(16)9-11(17)15(12(18)14-9)8-5-3-2-4-6-8/h2-7,9H,13H2,1H3,(H,14,18)/t7-,9?/m0/s1. The zero-order valence-corrected chi connectivity index (χ0v) is 9.79. The third kappa shape index (κ3) is 1.98. The number of nitrogens with two attached hydrogens (primary N) is 1. The third-order valence-corrected chi connectivity index (χ3v) is 2.69. The molecule has 6 heteroatoms. The largest absolute Gasteiger partial charge is 0.329 e. The first kappa shape index (κ1) is 12.3. The molecule has 94 valence electrons. The summed E-state index contributed by atoms with van der Waals surface area (Å²) in [5, 5.41) is 2.34. The molecule has 0 spiro atoms. The molecule has 6 nitrogen and oxygen atoms in total. The zero-order valence-electron chi connectivity index (χ0n) is 9.79. The van der Waals surface area contributed by atoms with Crippen molar-refractivity contribution in [1.29, 1.82) is 0 Å². The van der Waals surface area contributed by atoms with E-state index in [1.54, 1.807) is 30.3 Å². The Balaban J connectivity index is 2.28. The van der Waals surface area contributed by atoms with E-state index in [1.165, 1.54) is 6.92 Å². The van der Waals surface area contributed by atoms with E-state index in [0.29, 0.717) is 5.69 Å². The van der Waals surface area contributed by atoms with Gasteiger partial charge in [0.25, 0.3) is 5.91 Å². The minimum absolute atomic E-state index is 0.431. The molecule has 1 aliphatic rings. The van der Waals surface area contributed by atoms with E-state index in [9.17, 15) is 14.4 Å². The molecule has 0 aromatic heterocycles. The second-order valence-electron chi connectivity index (χ2n) is 4.08. The van der Waals surface area contributed by atoms with Crippen LogP contribution in [-0.2, 0) is 9.59 Å². The van der Waals surface area contributed by atoms with Gasteiger partial charge in [0.15, 0.2) is 11.8 Å². The lowest BCUT2D eigenvalue weighted by Crippen LogP contribution is -2.45. The van der Waals surface area contributed by atoms with E-state index < -0.39 is 29.8 Å². The molecule has 1 aromatic carbocycles. The average Bonchev–Trinajstić information content (AvgIpc) is 2.65.